The number of amides is 1. The predicted molar refractivity (Wildman–Crippen MR) is 68.8 cm³/mol. The Balaban J connectivity index is 2.62. The van der Waals surface area contributed by atoms with Crippen LogP contribution in [0.4, 0.5) is 5.69 Å². The van der Waals surface area contributed by atoms with Crippen LogP contribution < -0.4 is 4.90 Å². The number of hydrogen-bond acceptors (Lipinski definition) is 3. The molecule has 0 fully saturated rings. The zero-order valence-electron chi connectivity index (χ0n) is 10.5. The predicted octanol–water partition coefficient (Wildman–Crippen LogP) is 2.14. The Morgan fingerprint density at radius 2 is 2.17 bits per heavy atom. The van der Waals surface area contributed by atoms with Crippen LogP contribution >= 0.6 is 11.6 Å². The molecule has 0 bridgehead atoms. The number of hydrogen-bond donors (Lipinski definition) is 0. The Hall–Kier alpha value is -1.55. The maximum atomic E-state index is 12.3. The van der Waals surface area contributed by atoms with Gasteiger partial charge in [-0.2, -0.15) is 0 Å². The summed E-state index contributed by atoms with van der Waals surface area (Å²) in [6.07, 6.45) is 0. The highest BCUT2D eigenvalue weighted by atomic mass is 35.5. The van der Waals surface area contributed by atoms with E-state index in [2.05, 4.69) is 0 Å². The number of anilines is 1. The molecule has 1 amide bonds. The first-order valence-corrected chi connectivity index (χ1v) is 6.06. The van der Waals surface area contributed by atoms with E-state index in [1.54, 1.807) is 39.1 Å². The van der Waals surface area contributed by atoms with Gasteiger partial charge >= 0.3 is 5.97 Å². The van der Waals surface area contributed by atoms with Gasteiger partial charge in [0.15, 0.2) is 5.41 Å². The number of para-hydroxylation sites is 1. The van der Waals surface area contributed by atoms with Gasteiger partial charge < -0.3 is 9.64 Å². The van der Waals surface area contributed by atoms with E-state index in [0.29, 0.717) is 16.3 Å². The molecule has 1 atom stereocenters. The summed E-state index contributed by atoms with van der Waals surface area (Å²) in [5, 5.41) is 0.455. The summed E-state index contributed by atoms with van der Waals surface area (Å²) in [5.41, 5.74) is -0.119. The Morgan fingerprint density at radius 1 is 1.50 bits per heavy atom. The third kappa shape index (κ3) is 1.52. The number of likely N-dealkylation sites (N-methyl/N-ethyl adjacent to an activating group) is 1. The smallest absolute Gasteiger partial charge is 0.326 e. The molecular formula is C13H14ClNO3. The fraction of sp³-hybridized carbons (Fsp3) is 0.385. The molecule has 1 unspecified atom stereocenters. The van der Waals surface area contributed by atoms with Crippen molar-refractivity contribution in [3.63, 3.8) is 0 Å². The first kappa shape index (κ1) is 12.9. The first-order chi connectivity index (χ1) is 8.44. The van der Waals surface area contributed by atoms with Gasteiger partial charge in [-0.05, 0) is 19.9 Å². The topological polar surface area (TPSA) is 46.6 Å². The van der Waals surface area contributed by atoms with Gasteiger partial charge in [-0.3, -0.25) is 9.59 Å². The van der Waals surface area contributed by atoms with Crippen molar-refractivity contribution in [1.29, 1.82) is 0 Å². The number of nitrogens with zero attached hydrogens (tertiary/aromatic N) is 1. The Bertz CT molecular complexity index is 529. The lowest BCUT2D eigenvalue weighted by molar-refractivity contribution is -0.152. The van der Waals surface area contributed by atoms with Gasteiger partial charge in [0.2, 0.25) is 5.91 Å². The first-order valence-electron chi connectivity index (χ1n) is 5.69. The number of halogens is 1. The van der Waals surface area contributed by atoms with E-state index in [-0.39, 0.29) is 12.5 Å². The minimum absolute atomic E-state index is 0.237. The van der Waals surface area contributed by atoms with E-state index >= 15 is 0 Å². The number of rotatable bonds is 2. The van der Waals surface area contributed by atoms with Crippen LogP contribution in [0, 0.1) is 0 Å². The Kier molecular flexibility index (Phi) is 3.07. The summed E-state index contributed by atoms with van der Waals surface area (Å²) in [4.78, 5) is 25.8. The lowest BCUT2D eigenvalue weighted by Gasteiger charge is -2.20. The molecular weight excluding hydrogens is 254 g/mol. The molecule has 4 nitrogen and oxygen atoms in total. The van der Waals surface area contributed by atoms with Gasteiger partial charge in [0, 0.05) is 12.6 Å². The van der Waals surface area contributed by atoms with Crippen LogP contribution in [-0.4, -0.2) is 25.5 Å². The minimum Gasteiger partial charge on any atom is -0.465 e. The zero-order valence-corrected chi connectivity index (χ0v) is 11.2. The molecule has 0 radical (unpaired) electrons. The van der Waals surface area contributed by atoms with Crippen LogP contribution in [0.2, 0.25) is 5.02 Å². The molecule has 96 valence electrons. The largest absolute Gasteiger partial charge is 0.465 e. The maximum Gasteiger partial charge on any atom is 0.326 e. The second kappa shape index (κ2) is 4.28. The van der Waals surface area contributed by atoms with Gasteiger partial charge in [0.25, 0.3) is 0 Å². The molecule has 18 heavy (non-hydrogen) atoms. The lowest BCUT2D eigenvalue weighted by atomic mass is 9.84. The van der Waals surface area contributed by atoms with E-state index in [0.717, 1.165) is 0 Å². The van der Waals surface area contributed by atoms with Gasteiger partial charge in [0.05, 0.1) is 17.3 Å². The van der Waals surface area contributed by atoms with Crippen molar-refractivity contribution in [2.75, 3.05) is 18.6 Å². The molecule has 1 aromatic carbocycles. The highest BCUT2D eigenvalue weighted by Crippen LogP contribution is 2.45. The molecule has 5 heteroatoms. The van der Waals surface area contributed by atoms with Gasteiger partial charge in [-0.15, -0.1) is 0 Å². The molecule has 0 aromatic heterocycles. The molecule has 0 aliphatic carbocycles. The second-order valence-corrected chi connectivity index (χ2v) is 4.75. The van der Waals surface area contributed by atoms with Crippen molar-refractivity contribution < 1.29 is 14.3 Å². The van der Waals surface area contributed by atoms with E-state index in [4.69, 9.17) is 16.3 Å². The average molecular weight is 268 g/mol. The standard InChI is InChI=1S/C13H14ClNO3/c1-4-18-12(17)13(2)8-6-5-7-9(14)10(8)15(3)11(13)16/h5-7H,4H2,1-3H3. The molecule has 1 heterocycles. The van der Waals surface area contributed by atoms with Crippen molar-refractivity contribution in [2.45, 2.75) is 19.3 Å². The Labute approximate surface area is 110 Å². The summed E-state index contributed by atoms with van der Waals surface area (Å²) in [5.74, 6) is -0.855. The molecule has 1 aliphatic rings. The fourth-order valence-corrected chi connectivity index (χ4v) is 2.59. The van der Waals surface area contributed by atoms with E-state index in [9.17, 15) is 9.59 Å². The van der Waals surface area contributed by atoms with Crippen LogP contribution in [-0.2, 0) is 19.7 Å². The van der Waals surface area contributed by atoms with Crippen molar-refractivity contribution >= 4 is 29.2 Å². The summed E-state index contributed by atoms with van der Waals surface area (Å²) in [7, 11) is 1.61. The van der Waals surface area contributed by atoms with E-state index in [1.807, 2.05) is 0 Å². The highest BCUT2D eigenvalue weighted by Gasteiger charge is 2.53. The Morgan fingerprint density at radius 3 is 2.78 bits per heavy atom. The molecule has 1 aliphatic heterocycles. The molecule has 0 saturated carbocycles. The minimum atomic E-state index is -1.30. The van der Waals surface area contributed by atoms with E-state index in [1.165, 1.54) is 4.90 Å². The third-order valence-electron chi connectivity index (χ3n) is 3.28. The molecule has 0 saturated heterocycles. The van der Waals surface area contributed by atoms with Gasteiger partial charge in [0.1, 0.15) is 0 Å². The zero-order chi connectivity index (χ0) is 13.5. The maximum absolute atomic E-state index is 12.3. The monoisotopic (exact) mass is 267 g/mol. The highest BCUT2D eigenvalue weighted by molar-refractivity contribution is 6.36. The average Bonchev–Trinajstić information content (AvgIpc) is 2.54. The summed E-state index contributed by atoms with van der Waals surface area (Å²) >= 11 is 6.09. The van der Waals surface area contributed by atoms with Crippen LogP contribution in [0.5, 0.6) is 0 Å². The summed E-state index contributed by atoms with van der Waals surface area (Å²) < 4.78 is 5.01. The fourth-order valence-electron chi connectivity index (χ4n) is 2.28. The van der Waals surface area contributed by atoms with Crippen LogP contribution in [0.25, 0.3) is 0 Å². The summed E-state index contributed by atoms with van der Waals surface area (Å²) in [6.45, 7) is 3.52. The quantitative estimate of drug-likeness (QED) is 0.609. The van der Waals surface area contributed by atoms with Gasteiger partial charge in [-0.25, -0.2) is 0 Å². The molecule has 0 spiro atoms. The molecule has 2 rings (SSSR count). The van der Waals surface area contributed by atoms with Crippen molar-refractivity contribution in [1.82, 2.24) is 0 Å². The number of carbonyl (C=O) groups excluding carboxylic acids is 2. The number of carbonyl (C=O) groups is 2. The van der Waals surface area contributed by atoms with Crippen LogP contribution in [0.1, 0.15) is 19.4 Å². The van der Waals surface area contributed by atoms with Gasteiger partial charge in [-0.1, -0.05) is 23.7 Å². The second-order valence-electron chi connectivity index (χ2n) is 4.35. The molecule has 1 aromatic rings. The number of esters is 1. The van der Waals surface area contributed by atoms with Crippen molar-refractivity contribution in [3.8, 4) is 0 Å². The van der Waals surface area contributed by atoms with E-state index < -0.39 is 11.4 Å². The molecule has 0 N–H and O–H groups in total. The van der Waals surface area contributed by atoms with Crippen LogP contribution in [0.15, 0.2) is 18.2 Å². The number of benzene rings is 1. The van der Waals surface area contributed by atoms with Crippen LogP contribution in [0.3, 0.4) is 0 Å². The third-order valence-corrected chi connectivity index (χ3v) is 3.58. The summed E-state index contributed by atoms with van der Waals surface area (Å²) in [6, 6.07) is 5.16. The number of ether oxygens (including phenoxy) is 1. The normalized spacial score (nSPS) is 22.0. The lowest BCUT2D eigenvalue weighted by Crippen LogP contribution is -2.43. The number of fused-ring (bicyclic) bond motifs is 1. The SMILES string of the molecule is CCOC(=O)C1(C)C(=O)N(C)c2c(Cl)cccc21. The van der Waals surface area contributed by atoms with Crippen molar-refractivity contribution in [3.05, 3.63) is 28.8 Å². The van der Waals surface area contributed by atoms with Crippen molar-refractivity contribution in [2.24, 2.45) is 0 Å².